The van der Waals surface area contributed by atoms with E-state index in [9.17, 15) is 9.59 Å². The molecule has 1 heterocycles. The molecule has 2 rings (SSSR count). The summed E-state index contributed by atoms with van der Waals surface area (Å²) in [5.41, 5.74) is 1.05. The molecule has 0 unspecified atom stereocenters. The Balaban J connectivity index is 1.69. The number of hydrogen-bond donors (Lipinski definition) is 2. The highest BCUT2D eigenvalue weighted by molar-refractivity contribution is 5.81. The van der Waals surface area contributed by atoms with Gasteiger partial charge in [0.2, 0.25) is 11.8 Å². The molecule has 1 aromatic rings. The Morgan fingerprint density at radius 3 is 2.17 bits per heavy atom. The molecule has 0 atom stereocenters. The molecule has 1 aliphatic carbocycles. The van der Waals surface area contributed by atoms with Crippen molar-refractivity contribution in [2.45, 2.75) is 52.0 Å². The zero-order chi connectivity index (χ0) is 16.5. The number of amides is 2. The Kier molecular flexibility index (Phi) is 7.04. The molecule has 0 aromatic carbocycles. The maximum Gasteiger partial charge on any atom is 0.223 e. The first kappa shape index (κ1) is 17.4. The molecule has 1 saturated carbocycles. The lowest BCUT2D eigenvalue weighted by Crippen LogP contribution is -2.37. The van der Waals surface area contributed by atoms with Gasteiger partial charge in [0.15, 0.2) is 0 Å². The number of nitrogens with zero attached hydrogens (tertiary/aromatic N) is 1. The number of hydrogen-bond acceptors (Lipinski definition) is 3. The number of carbonyl (C=O) groups is 2. The number of pyridine rings is 1. The summed E-state index contributed by atoms with van der Waals surface area (Å²) in [5.74, 6) is 0.383. The minimum absolute atomic E-state index is 0.0385. The molecular weight excluding hydrogens is 290 g/mol. The highest BCUT2D eigenvalue weighted by Crippen LogP contribution is 2.29. The molecule has 0 spiro atoms. The molecule has 5 nitrogen and oxygen atoms in total. The maximum absolute atomic E-state index is 12.2. The van der Waals surface area contributed by atoms with Crippen LogP contribution in [0, 0.1) is 11.8 Å². The van der Waals surface area contributed by atoms with Gasteiger partial charge in [-0.2, -0.15) is 0 Å². The molecule has 2 amide bonds. The number of carbonyl (C=O) groups excluding carboxylic acids is 2. The third-order valence-corrected chi connectivity index (χ3v) is 4.51. The van der Waals surface area contributed by atoms with Crippen LogP contribution >= 0.6 is 0 Å². The van der Waals surface area contributed by atoms with Gasteiger partial charge in [0.25, 0.3) is 0 Å². The number of unbranched alkanes of at least 4 members (excludes halogenated alkanes) is 1. The highest BCUT2D eigenvalue weighted by atomic mass is 16.2. The molecule has 126 valence electrons. The second-order valence-corrected chi connectivity index (χ2v) is 6.27. The van der Waals surface area contributed by atoms with Gasteiger partial charge in [-0.25, -0.2) is 0 Å². The first-order chi connectivity index (χ1) is 11.2. The van der Waals surface area contributed by atoms with Crippen molar-refractivity contribution in [3.05, 3.63) is 30.1 Å². The third-order valence-electron chi connectivity index (χ3n) is 4.51. The van der Waals surface area contributed by atoms with E-state index in [-0.39, 0.29) is 23.7 Å². The van der Waals surface area contributed by atoms with Gasteiger partial charge in [-0.15, -0.1) is 0 Å². The fourth-order valence-electron chi connectivity index (χ4n) is 2.98. The standard InChI is InChI=1S/C18H27N3O2/c1-2-3-10-20-17(22)15-4-6-16(7-5-15)18(23)21-13-14-8-11-19-12-9-14/h8-9,11-12,15-16H,2-7,10,13H2,1H3,(H,20,22)(H,21,23). The first-order valence-corrected chi connectivity index (χ1v) is 8.65. The Morgan fingerprint density at radius 1 is 1.04 bits per heavy atom. The third kappa shape index (κ3) is 5.66. The van der Waals surface area contributed by atoms with Crippen molar-refractivity contribution >= 4 is 11.8 Å². The molecule has 1 fully saturated rings. The fraction of sp³-hybridized carbons (Fsp3) is 0.611. The van der Waals surface area contributed by atoms with Crippen molar-refractivity contribution in [2.24, 2.45) is 11.8 Å². The lowest BCUT2D eigenvalue weighted by molar-refractivity contribution is -0.130. The normalized spacial score (nSPS) is 20.7. The summed E-state index contributed by atoms with van der Waals surface area (Å²) in [6.07, 6.45) is 8.79. The van der Waals surface area contributed by atoms with E-state index >= 15 is 0 Å². The molecule has 23 heavy (non-hydrogen) atoms. The van der Waals surface area contributed by atoms with Crippen molar-refractivity contribution in [2.75, 3.05) is 6.54 Å². The fourth-order valence-corrected chi connectivity index (χ4v) is 2.98. The molecule has 1 aromatic heterocycles. The summed E-state index contributed by atoms with van der Waals surface area (Å²) in [7, 11) is 0. The largest absolute Gasteiger partial charge is 0.356 e. The monoisotopic (exact) mass is 317 g/mol. The summed E-state index contributed by atoms with van der Waals surface area (Å²) in [6.45, 7) is 3.42. The summed E-state index contributed by atoms with van der Waals surface area (Å²) in [6, 6.07) is 3.80. The van der Waals surface area contributed by atoms with Crippen LogP contribution in [0.1, 0.15) is 51.0 Å². The molecule has 0 aliphatic heterocycles. The van der Waals surface area contributed by atoms with Crippen molar-refractivity contribution in [3.63, 3.8) is 0 Å². The van der Waals surface area contributed by atoms with Crippen LogP contribution in [0.4, 0.5) is 0 Å². The summed E-state index contributed by atoms with van der Waals surface area (Å²) in [4.78, 5) is 28.2. The predicted octanol–water partition coefficient (Wildman–Crippen LogP) is 2.42. The van der Waals surface area contributed by atoms with Gasteiger partial charge in [-0.1, -0.05) is 13.3 Å². The Labute approximate surface area is 138 Å². The zero-order valence-corrected chi connectivity index (χ0v) is 13.9. The second kappa shape index (κ2) is 9.28. The Morgan fingerprint density at radius 2 is 1.61 bits per heavy atom. The van der Waals surface area contributed by atoms with Crippen LogP contribution in [-0.4, -0.2) is 23.3 Å². The van der Waals surface area contributed by atoms with Crippen LogP contribution in [0.3, 0.4) is 0 Å². The molecule has 0 bridgehead atoms. The van der Waals surface area contributed by atoms with Gasteiger partial charge in [-0.3, -0.25) is 14.6 Å². The van der Waals surface area contributed by atoms with Gasteiger partial charge >= 0.3 is 0 Å². The Hall–Kier alpha value is -1.91. The van der Waals surface area contributed by atoms with E-state index in [1.165, 1.54) is 0 Å². The predicted molar refractivity (Wildman–Crippen MR) is 89.4 cm³/mol. The van der Waals surface area contributed by atoms with Crippen LogP contribution in [0.2, 0.25) is 0 Å². The Bertz CT molecular complexity index is 496. The minimum Gasteiger partial charge on any atom is -0.356 e. The topological polar surface area (TPSA) is 71.1 Å². The van der Waals surface area contributed by atoms with Gasteiger partial charge in [0.1, 0.15) is 0 Å². The van der Waals surface area contributed by atoms with Gasteiger partial charge < -0.3 is 10.6 Å². The van der Waals surface area contributed by atoms with Crippen molar-refractivity contribution in [1.29, 1.82) is 0 Å². The molecule has 0 radical (unpaired) electrons. The molecule has 0 saturated heterocycles. The average Bonchev–Trinajstić information content (AvgIpc) is 2.61. The molecular formula is C18H27N3O2. The van der Waals surface area contributed by atoms with Crippen molar-refractivity contribution < 1.29 is 9.59 Å². The van der Waals surface area contributed by atoms with E-state index in [4.69, 9.17) is 0 Å². The highest BCUT2D eigenvalue weighted by Gasteiger charge is 2.29. The number of aromatic nitrogens is 1. The SMILES string of the molecule is CCCCNC(=O)C1CCC(C(=O)NCc2ccncc2)CC1. The number of nitrogens with one attached hydrogen (secondary N) is 2. The summed E-state index contributed by atoms with van der Waals surface area (Å²) in [5, 5.41) is 5.99. The molecule has 1 aliphatic rings. The van der Waals surface area contributed by atoms with Crippen LogP contribution in [0.5, 0.6) is 0 Å². The van der Waals surface area contributed by atoms with E-state index in [0.717, 1.165) is 50.6 Å². The van der Waals surface area contributed by atoms with E-state index in [1.807, 2.05) is 12.1 Å². The lowest BCUT2D eigenvalue weighted by atomic mass is 9.81. The second-order valence-electron chi connectivity index (χ2n) is 6.27. The summed E-state index contributed by atoms with van der Waals surface area (Å²) < 4.78 is 0. The van der Waals surface area contributed by atoms with Gasteiger partial charge in [0.05, 0.1) is 0 Å². The van der Waals surface area contributed by atoms with Crippen LogP contribution in [0.25, 0.3) is 0 Å². The minimum atomic E-state index is 0.0385. The van der Waals surface area contributed by atoms with E-state index in [0.29, 0.717) is 6.54 Å². The van der Waals surface area contributed by atoms with E-state index < -0.39 is 0 Å². The van der Waals surface area contributed by atoms with Crippen molar-refractivity contribution in [3.8, 4) is 0 Å². The zero-order valence-electron chi connectivity index (χ0n) is 13.9. The van der Waals surface area contributed by atoms with E-state index in [2.05, 4.69) is 22.5 Å². The van der Waals surface area contributed by atoms with Crippen LogP contribution in [-0.2, 0) is 16.1 Å². The lowest BCUT2D eigenvalue weighted by Gasteiger charge is -2.27. The quantitative estimate of drug-likeness (QED) is 0.759. The average molecular weight is 317 g/mol. The van der Waals surface area contributed by atoms with Crippen LogP contribution in [0.15, 0.2) is 24.5 Å². The molecule has 5 heteroatoms. The van der Waals surface area contributed by atoms with Crippen molar-refractivity contribution in [1.82, 2.24) is 15.6 Å². The maximum atomic E-state index is 12.2. The smallest absolute Gasteiger partial charge is 0.223 e. The van der Waals surface area contributed by atoms with Gasteiger partial charge in [0, 0.05) is 37.3 Å². The number of rotatable bonds is 7. The van der Waals surface area contributed by atoms with Crippen LogP contribution < -0.4 is 10.6 Å². The summed E-state index contributed by atoms with van der Waals surface area (Å²) >= 11 is 0. The van der Waals surface area contributed by atoms with E-state index in [1.54, 1.807) is 12.4 Å². The molecule has 2 N–H and O–H groups in total. The first-order valence-electron chi connectivity index (χ1n) is 8.65. The van der Waals surface area contributed by atoms with Gasteiger partial charge in [-0.05, 0) is 49.8 Å².